The Morgan fingerprint density at radius 1 is 0.867 bits per heavy atom. The summed E-state index contributed by atoms with van der Waals surface area (Å²) >= 11 is 0. The first-order valence-electron chi connectivity index (χ1n) is 8.98. The number of nitrogens with zero attached hydrogens (tertiary/aromatic N) is 4. The number of esters is 1. The summed E-state index contributed by atoms with van der Waals surface area (Å²) in [4.78, 5) is 41.0. The van der Waals surface area contributed by atoms with Crippen molar-refractivity contribution in [2.45, 2.75) is 0 Å². The fourth-order valence-electron chi connectivity index (χ4n) is 2.97. The first kappa shape index (κ1) is 20.7. The third-order valence-electron chi connectivity index (χ3n) is 4.50. The topological polar surface area (TPSA) is 124 Å². The van der Waals surface area contributed by atoms with Gasteiger partial charge in [0.05, 0.1) is 18.5 Å². The van der Waals surface area contributed by atoms with Crippen molar-refractivity contribution in [3.63, 3.8) is 0 Å². The minimum absolute atomic E-state index is 0.0940. The predicted molar refractivity (Wildman–Crippen MR) is 111 cm³/mol. The highest BCUT2D eigenvalue weighted by Crippen LogP contribution is 2.17. The summed E-state index contributed by atoms with van der Waals surface area (Å²) in [5.41, 5.74) is 1.96. The Balaban J connectivity index is 1.74. The highest BCUT2D eigenvalue weighted by atomic mass is 16.5. The predicted octanol–water partition coefficient (Wildman–Crippen LogP) is 1.43. The number of methoxy groups -OCH3 is 1. The highest BCUT2D eigenvalue weighted by Gasteiger charge is 2.19. The van der Waals surface area contributed by atoms with E-state index in [1.807, 2.05) is 0 Å². The molecule has 0 aliphatic heterocycles. The molecule has 11 heteroatoms. The zero-order chi connectivity index (χ0) is 22.0. The molecule has 0 radical (unpaired) electrons. The van der Waals surface area contributed by atoms with Crippen molar-refractivity contribution in [3.8, 4) is 0 Å². The van der Waals surface area contributed by atoms with Crippen molar-refractivity contribution in [3.05, 3.63) is 47.9 Å². The number of anilines is 3. The molecule has 2 amide bonds. The van der Waals surface area contributed by atoms with E-state index in [1.165, 1.54) is 17.7 Å². The normalized spacial score (nSPS) is 10.6. The minimum atomic E-state index is -0.512. The highest BCUT2D eigenvalue weighted by molar-refractivity contribution is 6.05. The molecule has 30 heavy (non-hydrogen) atoms. The molecule has 0 saturated carbocycles. The lowest BCUT2D eigenvalue weighted by Crippen LogP contribution is -2.17. The Bertz CT molecular complexity index is 1120. The van der Waals surface area contributed by atoms with Crippen LogP contribution in [0.4, 0.5) is 17.2 Å². The van der Waals surface area contributed by atoms with Crippen LogP contribution in [0.1, 0.15) is 31.6 Å². The van der Waals surface area contributed by atoms with Crippen molar-refractivity contribution < 1.29 is 19.1 Å². The molecule has 0 spiro atoms. The number of amides is 2. The fraction of sp³-hybridized carbons (Fsp3) is 0.263. The molecule has 158 valence electrons. The van der Waals surface area contributed by atoms with Crippen LogP contribution < -0.4 is 16.0 Å². The largest absolute Gasteiger partial charge is 0.464 e. The molecule has 0 aromatic carbocycles. The van der Waals surface area contributed by atoms with E-state index in [-0.39, 0.29) is 17.5 Å². The Morgan fingerprint density at radius 3 is 2.13 bits per heavy atom. The van der Waals surface area contributed by atoms with Gasteiger partial charge in [0.2, 0.25) is 5.82 Å². The molecule has 0 saturated heterocycles. The van der Waals surface area contributed by atoms with Crippen LogP contribution in [0.5, 0.6) is 0 Å². The van der Waals surface area contributed by atoms with Gasteiger partial charge in [-0.15, -0.1) is 0 Å². The molecule has 3 N–H and O–H groups in total. The first-order chi connectivity index (χ1) is 14.2. The van der Waals surface area contributed by atoms with E-state index in [4.69, 9.17) is 4.74 Å². The van der Waals surface area contributed by atoms with Crippen molar-refractivity contribution >= 4 is 35.0 Å². The summed E-state index contributed by atoms with van der Waals surface area (Å²) in [5.74, 6) is -1.02. The summed E-state index contributed by atoms with van der Waals surface area (Å²) in [6.45, 7) is 0. The molecule has 0 atom stereocenters. The lowest BCUT2D eigenvalue weighted by molar-refractivity contribution is 0.0589. The number of carbonyl (C=O) groups is 3. The maximum absolute atomic E-state index is 12.6. The summed E-state index contributed by atoms with van der Waals surface area (Å²) in [5, 5.41) is 8.34. The molecule has 11 nitrogen and oxygen atoms in total. The number of hydrogen-bond acceptors (Lipinski definition) is 6. The van der Waals surface area contributed by atoms with Crippen LogP contribution in [0.3, 0.4) is 0 Å². The smallest absolute Gasteiger partial charge is 0.354 e. The minimum Gasteiger partial charge on any atom is -0.464 e. The number of ether oxygens (including phenoxy) is 1. The van der Waals surface area contributed by atoms with Crippen LogP contribution in [0, 0.1) is 0 Å². The second-order valence-electron chi connectivity index (χ2n) is 6.66. The second kappa shape index (κ2) is 8.15. The Hall–Kier alpha value is -4.02. The molecule has 3 heterocycles. The van der Waals surface area contributed by atoms with E-state index in [0.29, 0.717) is 17.1 Å². The van der Waals surface area contributed by atoms with Gasteiger partial charge in [-0.3, -0.25) is 9.59 Å². The summed E-state index contributed by atoms with van der Waals surface area (Å²) in [6, 6.07) is 3.21. The number of rotatable bonds is 6. The van der Waals surface area contributed by atoms with Crippen LogP contribution in [-0.2, 0) is 25.9 Å². The molecular formula is C19H23N7O4. The van der Waals surface area contributed by atoms with Gasteiger partial charge < -0.3 is 34.4 Å². The van der Waals surface area contributed by atoms with E-state index in [2.05, 4.69) is 20.9 Å². The van der Waals surface area contributed by atoms with Gasteiger partial charge in [-0.1, -0.05) is 0 Å². The number of aromatic nitrogens is 4. The molecular weight excluding hydrogens is 390 g/mol. The van der Waals surface area contributed by atoms with E-state index in [9.17, 15) is 14.4 Å². The average Bonchev–Trinajstić information content (AvgIpc) is 3.37. The summed E-state index contributed by atoms with van der Waals surface area (Å²) in [6.07, 6.45) is 4.92. The maximum Gasteiger partial charge on any atom is 0.354 e. The van der Waals surface area contributed by atoms with E-state index in [1.54, 1.807) is 62.0 Å². The second-order valence-corrected chi connectivity index (χ2v) is 6.66. The molecule has 0 aliphatic carbocycles. The summed E-state index contributed by atoms with van der Waals surface area (Å²) < 4.78 is 9.43. The van der Waals surface area contributed by atoms with E-state index >= 15 is 0 Å². The average molecular weight is 413 g/mol. The first-order valence-corrected chi connectivity index (χ1v) is 8.98. The monoisotopic (exact) mass is 413 g/mol. The quantitative estimate of drug-likeness (QED) is 0.525. The fourth-order valence-corrected chi connectivity index (χ4v) is 2.97. The number of hydrogen-bond donors (Lipinski definition) is 3. The van der Waals surface area contributed by atoms with Crippen LogP contribution >= 0.6 is 0 Å². The van der Waals surface area contributed by atoms with Gasteiger partial charge in [0.15, 0.2) is 5.82 Å². The molecule has 0 fully saturated rings. The third kappa shape index (κ3) is 4.04. The molecule has 0 unspecified atom stereocenters. The van der Waals surface area contributed by atoms with Crippen molar-refractivity contribution in [2.24, 2.45) is 21.1 Å². The molecule has 3 aromatic heterocycles. The molecule has 3 rings (SSSR count). The van der Waals surface area contributed by atoms with Gasteiger partial charge in [-0.25, -0.2) is 9.78 Å². The summed E-state index contributed by atoms with van der Waals surface area (Å²) in [7, 11) is 8.12. The number of carbonyl (C=O) groups excluding carboxylic acids is 3. The molecule has 0 aliphatic rings. The van der Waals surface area contributed by atoms with Gasteiger partial charge in [-0.05, 0) is 12.1 Å². The Kier molecular flexibility index (Phi) is 5.63. The van der Waals surface area contributed by atoms with Crippen LogP contribution in [0.25, 0.3) is 0 Å². The van der Waals surface area contributed by atoms with Gasteiger partial charge in [-0.2, -0.15) is 0 Å². The van der Waals surface area contributed by atoms with Crippen molar-refractivity contribution in [1.82, 2.24) is 18.7 Å². The van der Waals surface area contributed by atoms with Gasteiger partial charge in [0.25, 0.3) is 11.8 Å². The lowest BCUT2D eigenvalue weighted by atomic mass is 10.4. The molecule has 0 bridgehead atoms. The zero-order valence-corrected chi connectivity index (χ0v) is 17.3. The van der Waals surface area contributed by atoms with Crippen LogP contribution in [0.15, 0.2) is 30.7 Å². The van der Waals surface area contributed by atoms with E-state index < -0.39 is 11.9 Å². The van der Waals surface area contributed by atoms with E-state index in [0.717, 1.165) is 5.69 Å². The Morgan fingerprint density at radius 2 is 1.50 bits per heavy atom. The number of aryl methyl sites for hydroxylation is 3. The number of imidazole rings is 1. The van der Waals surface area contributed by atoms with Gasteiger partial charge in [0, 0.05) is 46.8 Å². The van der Waals surface area contributed by atoms with Gasteiger partial charge in [0.1, 0.15) is 11.4 Å². The van der Waals surface area contributed by atoms with Crippen LogP contribution in [0.2, 0.25) is 0 Å². The van der Waals surface area contributed by atoms with Crippen LogP contribution in [-0.4, -0.2) is 50.6 Å². The van der Waals surface area contributed by atoms with Crippen molar-refractivity contribution in [2.75, 3.05) is 30.1 Å². The lowest BCUT2D eigenvalue weighted by Gasteiger charge is -2.02. The molecule has 3 aromatic rings. The zero-order valence-electron chi connectivity index (χ0n) is 17.3. The third-order valence-corrected chi connectivity index (χ3v) is 4.50. The standard InChI is InChI=1S/C19H23N7O4/c1-20-11-6-13(24(2)8-11)17(27)23-15-10-26(4)16(22-15)18(28)21-12-7-14(19(29)30-5)25(3)9-12/h6-10,20H,1-5H3,(H,21,28)(H,23,27). The van der Waals surface area contributed by atoms with Gasteiger partial charge >= 0.3 is 5.97 Å². The maximum atomic E-state index is 12.6. The number of nitrogens with one attached hydrogen (secondary N) is 3. The Labute approximate surface area is 172 Å². The van der Waals surface area contributed by atoms with Crippen molar-refractivity contribution in [1.29, 1.82) is 0 Å². The SMILES string of the molecule is CNc1cc(C(=O)Nc2cn(C)c(C(=O)Nc3cc(C(=O)OC)n(C)c3)n2)n(C)c1.